The predicted molar refractivity (Wildman–Crippen MR) is 72.8 cm³/mol. The summed E-state index contributed by atoms with van der Waals surface area (Å²) in [5, 5.41) is 0. The molecule has 0 aliphatic heterocycles. The van der Waals surface area contributed by atoms with Crippen molar-refractivity contribution in [2.45, 2.75) is 26.7 Å². The van der Waals surface area contributed by atoms with Gasteiger partial charge >= 0.3 is 0 Å². The lowest BCUT2D eigenvalue weighted by Crippen LogP contribution is -1.92. The van der Waals surface area contributed by atoms with Gasteiger partial charge in [0.15, 0.2) is 0 Å². The van der Waals surface area contributed by atoms with Crippen LogP contribution in [0.4, 0.5) is 5.69 Å². The summed E-state index contributed by atoms with van der Waals surface area (Å²) in [5.41, 5.74) is 11.2. The maximum absolute atomic E-state index is 5.75. The highest BCUT2D eigenvalue weighted by Gasteiger charge is 2.03. The van der Waals surface area contributed by atoms with Crippen molar-refractivity contribution in [1.82, 2.24) is 4.98 Å². The number of hydrogen-bond donors (Lipinski definition) is 1. The number of aromatic nitrogens is 1. The molecule has 0 radical (unpaired) electrons. The minimum absolute atomic E-state index is 0.800. The Morgan fingerprint density at radius 3 is 2.59 bits per heavy atom. The van der Waals surface area contributed by atoms with Gasteiger partial charge < -0.3 is 5.73 Å². The van der Waals surface area contributed by atoms with E-state index in [1.54, 1.807) is 0 Å². The Hall–Kier alpha value is -1.83. The van der Waals surface area contributed by atoms with E-state index in [0.717, 1.165) is 29.8 Å². The number of benzene rings is 1. The molecule has 0 saturated heterocycles. The maximum Gasteiger partial charge on any atom is 0.0704 e. The van der Waals surface area contributed by atoms with Crippen LogP contribution in [0, 0.1) is 6.92 Å². The second kappa shape index (κ2) is 5.00. The molecule has 2 aromatic rings. The Morgan fingerprint density at radius 2 is 2.00 bits per heavy atom. The highest BCUT2D eigenvalue weighted by atomic mass is 14.7. The summed E-state index contributed by atoms with van der Waals surface area (Å²) < 4.78 is 0. The van der Waals surface area contributed by atoms with Gasteiger partial charge in [0, 0.05) is 17.4 Å². The first-order valence-electron chi connectivity index (χ1n) is 6.02. The number of hydrogen-bond acceptors (Lipinski definition) is 2. The zero-order valence-corrected chi connectivity index (χ0v) is 10.4. The molecule has 1 aromatic heterocycles. The van der Waals surface area contributed by atoms with Crippen molar-refractivity contribution in [2.75, 3.05) is 5.73 Å². The van der Waals surface area contributed by atoms with E-state index < -0.39 is 0 Å². The van der Waals surface area contributed by atoms with Gasteiger partial charge in [-0.15, -0.1) is 0 Å². The summed E-state index contributed by atoms with van der Waals surface area (Å²) in [6.07, 6.45) is 4.21. The van der Waals surface area contributed by atoms with Gasteiger partial charge in [-0.25, -0.2) is 0 Å². The van der Waals surface area contributed by atoms with Gasteiger partial charge in [-0.3, -0.25) is 4.98 Å². The van der Waals surface area contributed by atoms with Gasteiger partial charge in [0.2, 0.25) is 0 Å². The molecule has 2 nitrogen and oxygen atoms in total. The number of pyridine rings is 1. The first-order chi connectivity index (χ1) is 8.20. The molecule has 2 N–H and O–H groups in total. The molecule has 88 valence electrons. The molecule has 17 heavy (non-hydrogen) atoms. The van der Waals surface area contributed by atoms with Crippen LogP contribution in [-0.4, -0.2) is 4.98 Å². The van der Waals surface area contributed by atoms with Gasteiger partial charge in [0.05, 0.1) is 5.69 Å². The normalized spacial score (nSPS) is 10.5. The number of rotatable bonds is 3. The van der Waals surface area contributed by atoms with E-state index in [9.17, 15) is 0 Å². The highest BCUT2D eigenvalue weighted by molar-refractivity contribution is 5.66. The summed E-state index contributed by atoms with van der Waals surface area (Å²) in [7, 11) is 0. The lowest BCUT2D eigenvalue weighted by atomic mass is 10.0. The first-order valence-corrected chi connectivity index (χ1v) is 6.02. The molecule has 0 aliphatic rings. The Kier molecular flexibility index (Phi) is 3.43. The number of anilines is 1. The van der Waals surface area contributed by atoms with Gasteiger partial charge in [0.1, 0.15) is 0 Å². The van der Waals surface area contributed by atoms with Crippen molar-refractivity contribution in [2.24, 2.45) is 0 Å². The fourth-order valence-electron chi connectivity index (χ4n) is 1.99. The monoisotopic (exact) mass is 226 g/mol. The van der Waals surface area contributed by atoms with Crippen LogP contribution in [0.1, 0.15) is 24.5 Å². The Morgan fingerprint density at radius 1 is 1.18 bits per heavy atom. The third kappa shape index (κ3) is 2.64. The summed E-state index contributed by atoms with van der Waals surface area (Å²) in [6.45, 7) is 4.24. The van der Waals surface area contributed by atoms with Gasteiger partial charge in [-0.2, -0.15) is 0 Å². The molecule has 1 aromatic carbocycles. The van der Waals surface area contributed by atoms with Crippen LogP contribution in [0.15, 0.2) is 36.5 Å². The largest absolute Gasteiger partial charge is 0.399 e. The van der Waals surface area contributed by atoms with Crippen LogP contribution in [-0.2, 0) is 6.42 Å². The van der Waals surface area contributed by atoms with Crippen molar-refractivity contribution in [1.29, 1.82) is 0 Å². The molecule has 0 aliphatic carbocycles. The zero-order valence-electron chi connectivity index (χ0n) is 10.4. The van der Waals surface area contributed by atoms with E-state index in [0.29, 0.717) is 0 Å². The summed E-state index contributed by atoms with van der Waals surface area (Å²) in [6, 6.07) is 10.2. The summed E-state index contributed by atoms with van der Waals surface area (Å²) in [5.74, 6) is 0. The molecular weight excluding hydrogens is 208 g/mol. The van der Waals surface area contributed by atoms with Crippen molar-refractivity contribution in [3.8, 4) is 11.3 Å². The van der Waals surface area contributed by atoms with Crippen LogP contribution in [0.25, 0.3) is 11.3 Å². The van der Waals surface area contributed by atoms with Crippen LogP contribution in [0.3, 0.4) is 0 Å². The lowest BCUT2D eigenvalue weighted by Gasteiger charge is -2.07. The second-order valence-electron chi connectivity index (χ2n) is 4.38. The molecule has 0 unspecified atom stereocenters. The van der Waals surface area contributed by atoms with Crippen molar-refractivity contribution in [3.63, 3.8) is 0 Å². The van der Waals surface area contributed by atoms with E-state index in [1.165, 1.54) is 11.1 Å². The van der Waals surface area contributed by atoms with Crippen molar-refractivity contribution in [3.05, 3.63) is 47.7 Å². The third-order valence-electron chi connectivity index (χ3n) is 2.89. The molecule has 0 bridgehead atoms. The topological polar surface area (TPSA) is 38.9 Å². The standard InChI is InChI=1S/C15H18N2/c1-3-4-12-5-8-15(17-10-12)14-7-6-13(16)9-11(14)2/h5-10H,3-4,16H2,1-2H3. The molecule has 0 spiro atoms. The number of nitrogens with zero attached hydrogens (tertiary/aromatic N) is 1. The average molecular weight is 226 g/mol. The molecule has 0 saturated carbocycles. The van der Waals surface area contributed by atoms with E-state index in [2.05, 4.69) is 31.0 Å². The quantitative estimate of drug-likeness (QED) is 0.812. The predicted octanol–water partition coefficient (Wildman–Crippen LogP) is 3.59. The van der Waals surface area contributed by atoms with Gasteiger partial charge in [-0.05, 0) is 42.7 Å². The van der Waals surface area contributed by atoms with E-state index in [-0.39, 0.29) is 0 Å². The SMILES string of the molecule is CCCc1ccc(-c2ccc(N)cc2C)nc1. The minimum atomic E-state index is 0.800. The van der Waals surface area contributed by atoms with Gasteiger partial charge in [-0.1, -0.05) is 25.5 Å². The molecular formula is C15H18N2. The van der Waals surface area contributed by atoms with Crippen LogP contribution < -0.4 is 5.73 Å². The van der Waals surface area contributed by atoms with E-state index >= 15 is 0 Å². The lowest BCUT2D eigenvalue weighted by molar-refractivity contribution is 0.914. The van der Waals surface area contributed by atoms with E-state index in [1.807, 2.05) is 24.4 Å². The Labute approximate surface area is 103 Å². The van der Waals surface area contributed by atoms with Gasteiger partial charge in [0.25, 0.3) is 0 Å². The first kappa shape index (κ1) is 11.6. The van der Waals surface area contributed by atoms with Crippen molar-refractivity contribution >= 4 is 5.69 Å². The van der Waals surface area contributed by atoms with Crippen molar-refractivity contribution < 1.29 is 0 Å². The highest BCUT2D eigenvalue weighted by Crippen LogP contribution is 2.23. The average Bonchev–Trinajstić information content (AvgIpc) is 2.31. The number of aryl methyl sites for hydroxylation is 2. The van der Waals surface area contributed by atoms with Crippen LogP contribution >= 0.6 is 0 Å². The third-order valence-corrected chi connectivity index (χ3v) is 2.89. The fourth-order valence-corrected chi connectivity index (χ4v) is 1.99. The fraction of sp³-hybridized carbons (Fsp3) is 0.267. The zero-order chi connectivity index (χ0) is 12.3. The molecule has 0 fully saturated rings. The Balaban J connectivity index is 2.33. The number of nitrogens with two attached hydrogens (primary N) is 1. The smallest absolute Gasteiger partial charge is 0.0704 e. The molecule has 2 rings (SSSR count). The molecule has 2 heteroatoms. The molecule has 0 amide bonds. The summed E-state index contributed by atoms with van der Waals surface area (Å²) in [4.78, 5) is 4.52. The van der Waals surface area contributed by atoms with E-state index in [4.69, 9.17) is 5.73 Å². The maximum atomic E-state index is 5.75. The Bertz CT molecular complexity index is 501. The second-order valence-corrected chi connectivity index (χ2v) is 4.38. The number of nitrogen functional groups attached to an aromatic ring is 1. The van der Waals surface area contributed by atoms with Crippen LogP contribution in [0.5, 0.6) is 0 Å². The summed E-state index contributed by atoms with van der Waals surface area (Å²) >= 11 is 0. The van der Waals surface area contributed by atoms with Crippen LogP contribution in [0.2, 0.25) is 0 Å². The minimum Gasteiger partial charge on any atom is -0.399 e. The molecule has 1 heterocycles. The molecule has 0 atom stereocenters.